The fourth-order valence-electron chi connectivity index (χ4n) is 3.11. The maximum Gasteiger partial charge on any atom is 0.317 e. The number of hydrogen-bond acceptors (Lipinski definition) is 5. The Hall–Kier alpha value is -3.55. The monoisotopic (exact) mass is 397 g/mol. The molecule has 0 fully saturated rings. The summed E-state index contributed by atoms with van der Waals surface area (Å²) in [6, 6.07) is 12.4. The van der Waals surface area contributed by atoms with Crippen LogP contribution in [0.15, 0.2) is 52.1 Å². The van der Waals surface area contributed by atoms with Crippen LogP contribution < -0.4 is 25.9 Å². The van der Waals surface area contributed by atoms with E-state index in [0.29, 0.717) is 29.1 Å². The second kappa shape index (κ2) is 8.64. The molecule has 2 aromatic carbocycles. The summed E-state index contributed by atoms with van der Waals surface area (Å²) in [5.41, 5.74) is 0.523. The van der Waals surface area contributed by atoms with Crippen LogP contribution in [0.1, 0.15) is 12.5 Å². The molecule has 29 heavy (non-hydrogen) atoms. The Morgan fingerprint density at radius 1 is 1.03 bits per heavy atom. The molecule has 1 amide bonds. The first-order valence-corrected chi connectivity index (χ1v) is 9.21. The van der Waals surface area contributed by atoms with E-state index in [1.165, 1.54) is 16.2 Å². The van der Waals surface area contributed by atoms with Crippen molar-refractivity contribution in [2.45, 2.75) is 20.0 Å². The second-order valence-electron chi connectivity index (χ2n) is 6.44. The van der Waals surface area contributed by atoms with Crippen LogP contribution in [0, 0.1) is 0 Å². The molecule has 0 atom stereocenters. The molecule has 0 aliphatic rings. The summed E-state index contributed by atoms with van der Waals surface area (Å²) in [5, 5.41) is 2.77. The van der Waals surface area contributed by atoms with E-state index < -0.39 is 11.1 Å². The van der Waals surface area contributed by atoms with Gasteiger partial charge in [0.1, 0.15) is 6.54 Å². The van der Waals surface area contributed by atoms with Crippen LogP contribution >= 0.6 is 0 Å². The van der Waals surface area contributed by atoms with Gasteiger partial charge in [-0.3, -0.25) is 19.0 Å². The number of carbonyl (C=O) groups is 1. The van der Waals surface area contributed by atoms with Crippen molar-refractivity contribution in [2.75, 3.05) is 13.7 Å². The number of nitrogens with zero attached hydrogens (tertiary/aromatic N) is 2. The lowest BCUT2D eigenvalue weighted by Gasteiger charge is -2.13. The van der Waals surface area contributed by atoms with E-state index in [4.69, 9.17) is 9.47 Å². The summed E-state index contributed by atoms with van der Waals surface area (Å²) in [5.74, 6) is 0.828. The van der Waals surface area contributed by atoms with Crippen molar-refractivity contribution in [2.24, 2.45) is 7.05 Å². The predicted octanol–water partition coefficient (Wildman–Crippen LogP) is 1.42. The molecule has 0 aliphatic carbocycles. The van der Waals surface area contributed by atoms with Gasteiger partial charge in [-0.2, -0.15) is 0 Å². The highest BCUT2D eigenvalue weighted by Crippen LogP contribution is 2.27. The standard InChI is InChI=1S/C21H23N3O5/c1-4-29-17-10-9-14(11-18(17)28-3)12-22-19(25)13-24-16-8-6-5-7-15(16)23(2)20(26)21(24)27/h5-11H,4,12-13H2,1-3H3,(H,22,25). The van der Waals surface area contributed by atoms with Gasteiger partial charge in [-0.15, -0.1) is 0 Å². The van der Waals surface area contributed by atoms with Crippen molar-refractivity contribution < 1.29 is 14.3 Å². The maximum atomic E-state index is 12.5. The van der Waals surface area contributed by atoms with Crippen molar-refractivity contribution in [1.29, 1.82) is 0 Å². The first-order valence-electron chi connectivity index (χ1n) is 9.21. The number of aryl methyl sites for hydroxylation is 1. The maximum absolute atomic E-state index is 12.5. The highest BCUT2D eigenvalue weighted by molar-refractivity contribution is 5.80. The number of nitrogens with one attached hydrogen (secondary N) is 1. The van der Waals surface area contributed by atoms with Crippen molar-refractivity contribution in [1.82, 2.24) is 14.5 Å². The lowest BCUT2D eigenvalue weighted by molar-refractivity contribution is -0.121. The Labute approximate surface area is 167 Å². The summed E-state index contributed by atoms with van der Waals surface area (Å²) < 4.78 is 13.3. The van der Waals surface area contributed by atoms with Gasteiger partial charge in [-0.05, 0) is 36.8 Å². The van der Waals surface area contributed by atoms with Crippen molar-refractivity contribution in [3.63, 3.8) is 0 Å². The van der Waals surface area contributed by atoms with Crippen LogP contribution in [0.3, 0.4) is 0 Å². The lowest BCUT2D eigenvalue weighted by Crippen LogP contribution is -2.43. The lowest BCUT2D eigenvalue weighted by atomic mass is 10.2. The molecule has 1 heterocycles. The fraction of sp³-hybridized carbons (Fsp3) is 0.286. The molecule has 0 spiro atoms. The highest BCUT2D eigenvalue weighted by atomic mass is 16.5. The fourth-order valence-corrected chi connectivity index (χ4v) is 3.11. The van der Waals surface area contributed by atoms with Gasteiger partial charge in [0.05, 0.1) is 24.8 Å². The zero-order chi connectivity index (χ0) is 21.0. The first kappa shape index (κ1) is 20.2. The summed E-state index contributed by atoms with van der Waals surface area (Å²) in [6.07, 6.45) is 0. The summed E-state index contributed by atoms with van der Waals surface area (Å²) >= 11 is 0. The minimum absolute atomic E-state index is 0.246. The average Bonchev–Trinajstić information content (AvgIpc) is 2.74. The van der Waals surface area contributed by atoms with E-state index in [1.807, 2.05) is 13.0 Å². The van der Waals surface area contributed by atoms with Crippen LogP contribution in [-0.4, -0.2) is 28.8 Å². The van der Waals surface area contributed by atoms with Gasteiger partial charge in [0, 0.05) is 13.6 Å². The van der Waals surface area contributed by atoms with E-state index >= 15 is 0 Å². The zero-order valence-corrected chi connectivity index (χ0v) is 16.6. The molecule has 0 bridgehead atoms. The third-order valence-corrected chi connectivity index (χ3v) is 4.59. The normalized spacial score (nSPS) is 10.7. The molecule has 8 nitrogen and oxygen atoms in total. The van der Waals surface area contributed by atoms with Gasteiger partial charge < -0.3 is 19.4 Å². The number of amides is 1. The number of carbonyl (C=O) groups excluding carboxylic acids is 1. The smallest absolute Gasteiger partial charge is 0.317 e. The van der Waals surface area contributed by atoms with Crippen LogP contribution in [0.5, 0.6) is 11.5 Å². The summed E-state index contributed by atoms with van der Waals surface area (Å²) in [4.78, 5) is 37.1. The van der Waals surface area contributed by atoms with E-state index in [2.05, 4.69) is 5.32 Å². The molecule has 1 N–H and O–H groups in total. The molecule has 0 radical (unpaired) electrons. The summed E-state index contributed by atoms with van der Waals surface area (Å²) in [6.45, 7) is 2.41. The van der Waals surface area contributed by atoms with E-state index in [-0.39, 0.29) is 19.0 Å². The SMILES string of the molecule is CCOc1ccc(CNC(=O)Cn2c(=O)c(=O)n(C)c3ccccc32)cc1OC. The molecular weight excluding hydrogens is 374 g/mol. The van der Waals surface area contributed by atoms with Crippen molar-refractivity contribution in [3.05, 3.63) is 68.7 Å². The Morgan fingerprint density at radius 2 is 1.76 bits per heavy atom. The Kier molecular flexibility index (Phi) is 6.01. The molecule has 0 unspecified atom stereocenters. The quantitative estimate of drug-likeness (QED) is 0.609. The average molecular weight is 397 g/mol. The topological polar surface area (TPSA) is 91.6 Å². The van der Waals surface area contributed by atoms with Gasteiger partial charge >= 0.3 is 11.1 Å². The molecule has 1 aromatic heterocycles. The van der Waals surface area contributed by atoms with Crippen LogP contribution in [0.4, 0.5) is 0 Å². The zero-order valence-electron chi connectivity index (χ0n) is 16.6. The first-order chi connectivity index (χ1) is 14.0. The molecule has 3 rings (SSSR count). The molecule has 0 saturated carbocycles. The third-order valence-electron chi connectivity index (χ3n) is 4.59. The number of aromatic nitrogens is 2. The van der Waals surface area contributed by atoms with Gasteiger partial charge in [-0.25, -0.2) is 0 Å². The number of methoxy groups -OCH3 is 1. The highest BCUT2D eigenvalue weighted by Gasteiger charge is 2.13. The minimum atomic E-state index is -0.732. The van der Waals surface area contributed by atoms with Crippen molar-refractivity contribution in [3.8, 4) is 11.5 Å². The Morgan fingerprint density at radius 3 is 2.45 bits per heavy atom. The van der Waals surface area contributed by atoms with Crippen LogP contribution in [0.2, 0.25) is 0 Å². The molecule has 0 aliphatic heterocycles. The number of fused-ring (bicyclic) bond motifs is 1. The van der Waals surface area contributed by atoms with Gasteiger partial charge in [-0.1, -0.05) is 18.2 Å². The Bertz CT molecular complexity index is 1160. The Balaban J connectivity index is 1.79. The van der Waals surface area contributed by atoms with E-state index in [0.717, 1.165) is 5.56 Å². The number of ether oxygens (including phenoxy) is 2. The van der Waals surface area contributed by atoms with Crippen molar-refractivity contribution >= 4 is 16.9 Å². The van der Waals surface area contributed by atoms with Gasteiger partial charge in [0.2, 0.25) is 5.91 Å². The largest absolute Gasteiger partial charge is 0.493 e. The number of hydrogen-bond donors (Lipinski definition) is 1. The van der Waals surface area contributed by atoms with Gasteiger partial charge in [0.15, 0.2) is 11.5 Å². The third kappa shape index (κ3) is 4.16. The van der Waals surface area contributed by atoms with Crippen LogP contribution in [0.25, 0.3) is 11.0 Å². The van der Waals surface area contributed by atoms with Crippen LogP contribution in [-0.2, 0) is 24.9 Å². The van der Waals surface area contributed by atoms with E-state index in [9.17, 15) is 14.4 Å². The second-order valence-corrected chi connectivity index (χ2v) is 6.44. The molecule has 0 saturated heterocycles. The molecule has 8 heteroatoms. The summed E-state index contributed by atoms with van der Waals surface area (Å²) in [7, 11) is 3.09. The predicted molar refractivity (Wildman–Crippen MR) is 109 cm³/mol. The van der Waals surface area contributed by atoms with Gasteiger partial charge in [0.25, 0.3) is 0 Å². The number of rotatable bonds is 7. The molecule has 3 aromatic rings. The van der Waals surface area contributed by atoms with E-state index in [1.54, 1.807) is 43.5 Å². The molecule has 152 valence electrons. The molecular formula is C21H23N3O5. The number of para-hydroxylation sites is 2. The minimum Gasteiger partial charge on any atom is -0.493 e. The number of benzene rings is 2.